The number of nitriles is 2. The fraction of sp³-hybridized carbons (Fsp3) is 0.0500. The summed E-state index contributed by atoms with van der Waals surface area (Å²) in [6.07, 6.45) is 0. The highest BCUT2D eigenvalue weighted by Gasteiger charge is 2.20. The Bertz CT molecular complexity index is 1020. The van der Waals surface area contributed by atoms with Crippen molar-refractivity contribution in [2.24, 2.45) is 0 Å². The first kappa shape index (κ1) is 17.3. The number of nitrogens with two attached hydrogens (primary N) is 1. The van der Waals surface area contributed by atoms with Crippen LogP contribution in [0.3, 0.4) is 0 Å². The third kappa shape index (κ3) is 3.44. The molecule has 1 heterocycles. The van der Waals surface area contributed by atoms with Gasteiger partial charge in [0.15, 0.2) is 0 Å². The lowest BCUT2D eigenvalue weighted by molar-refractivity contribution is 1.11. The number of hydrogen-bond acceptors (Lipinski definition) is 5. The smallest absolute Gasteiger partial charge is 0.147 e. The minimum Gasteiger partial charge on any atom is -0.383 e. The van der Waals surface area contributed by atoms with E-state index in [1.807, 2.05) is 30.3 Å². The van der Waals surface area contributed by atoms with Gasteiger partial charge in [-0.25, -0.2) is 4.98 Å². The van der Waals surface area contributed by atoms with Crippen LogP contribution in [0, 0.1) is 22.7 Å². The molecule has 0 atom stereocenters. The monoisotopic (exact) mass is 359 g/mol. The lowest BCUT2D eigenvalue weighted by Crippen LogP contribution is -2.09. The number of nitrogen functional groups attached to an aromatic ring is 1. The van der Waals surface area contributed by atoms with Gasteiger partial charge >= 0.3 is 0 Å². The van der Waals surface area contributed by atoms with E-state index in [2.05, 4.69) is 22.4 Å². The molecule has 1 aromatic heterocycles. The molecule has 0 bridgehead atoms. The first-order valence-electron chi connectivity index (χ1n) is 7.81. The normalized spacial score (nSPS) is 9.96. The number of pyridine rings is 1. The van der Waals surface area contributed by atoms with Crippen LogP contribution in [0.25, 0.3) is 11.1 Å². The van der Waals surface area contributed by atoms with Crippen LogP contribution in [0.5, 0.6) is 0 Å². The van der Waals surface area contributed by atoms with Crippen LogP contribution in [0.2, 0.25) is 5.02 Å². The lowest BCUT2D eigenvalue weighted by Gasteiger charge is -2.14. The van der Waals surface area contributed by atoms with Gasteiger partial charge in [0.1, 0.15) is 34.9 Å². The molecule has 6 heteroatoms. The van der Waals surface area contributed by atoms with Crippen molar-refractivity contribution in [3.05, 3.63) is 76.3 Å². The average Bonchev–Trinajstić information content (AvgIpc) is 2.67. The molecular formula is C20H14ClN5. The van der Waals surface area contributed by atoms with Gasteiger partial charge in [0, 0.05) is 17.1 Å². The van der Waals surface area contributed by atoms with Crippen LogP contribution < -0.4 is 11.1 Å². The molecule has 0 saturated heterocycles. The predicted octanol–water partition coefficient (Wildman–Crippen LogP) is 4.34. The second-order valence-electron chi connectivity index (χ2n) is 5.54. The van der Waals surface area contributed by atoms with Crippen molar-refractivity contribution in [2.45, 2.75) is 6.54 Å². The molecule has 0 amide bonds. The van der Waals surface area contributed by atoms with Gasteiger partial charge in [-0.05, 0) is 23.3 Å². The predicted molar refractivity (Wildman–Crippen MR) is 102 cm³/mol. The largest absolute Gasteiger partial charge is 0.383 e. The van der Waals surface area contributed by atoms with Crippen molar-refractivity contribution >= 4 is 23.2 Å². The molecule has 126 valence electrons. The van der Waals surface area contributed by atoms with Crippen LogP contribution in [-0.4, -0.2) is 4.98 Å². The van der Waals surface area contributed by atoms with Gasteiger partial charge < -0.3 is 11.1 Å². The minimum atomic E-state index is 0.0759. The molecule has 0 fully saturated rings. The van der Waals surface area contributed by atoms with Crippen molar-refractivity contribution in [1.29, 1.82) is 10.5 Å². The lowest BCUT2D eigenvalue weighted by atomic mass is 9.96. The number of nitrogens with one attached hydrogen (secondary N) is 1. The molecule has 0 aliphatic rings. The highest BCUT2D eigenvalue weighted by Crippen LogP contribution is 2.34. The van der Waals surface area contributed by atoms with E-state index < -0.39 is 0 Å². The van der Waals surface area contributed by atoms with Gasteiger partial charge in [-0.1, -0.05) is 54.1 Å². The van der Waals surface area contributed by atoms with Crippen molar-refractivity contribution < 1.29 is 0 Å². The first-order valence-corrected chi connectivity index (χ1v) is 8.19. The Morgan fingerprint density at radius 1 is 0.962 bits per heavy atom. The Kier molecular flexibility index (Phi) is 5.03. The number of hydrogen-bond donors (Lipinski definition) is 2. The van der Waals surface area contributed by atoms with E-state index in [9.17, 15) is 10.5 Å². The SMILES string of the molecule is N#Cc1c(N)nc(NCc2ccccc2)c(C#N)c1-c1ccc(Cl)cc1. The van der Waals surface area contributed by atoms with E-state index in [0.29, 0.717) is 28.5 Å². The fourth-order valence-electron chi connectivity index (χ4n) is 2.64. The Balaban J connectivity index is 2.10. The summed E-state index contributed by atoms with van der Waals surface area (Å²) in [4.78, 5) is 4.23. The first-order chi connectivity index (χ1) is 12.6. The molecule has 5 nitrogen and oxygen atoms in total. The Hall–Kier alpha value is -3.54. The number of nitrogens with zero attached hydrogens (tertiary/aromatic N) is 3. The molecule has 0 unspecified atom stereocenters. The number of aromatic nitrogens is 1. The number of rotatable bonds is 4. The maximum atomic E-state index is 9.72. The minimum absolute atomic E-state index is 0.0759. The Morgan fingerprint density at radius 2 is 1.62 bits per heavy atom. The third-order valence-electron chi connectivity index (χ3n) is 3.88. The van der Waals surface area contributed by atoms with Crippen LogP contribution >= 0.6 is 11.6 Å². The second-order valence-corrected chi connectivity index (χ2v) is 5.98. The topological polar surface area (TPSA) is 98.5 Å². The molecule has 2 aromatic carbocycles. The van der Waals surface area contributed by atoms with E-state index in [0.717, 1.165) is 5.56 Å². The van der Waals surface area contributed by atoms with E-state index in [1.54, 1.807) is 24.3 Å². The van der Waals surface area contributed by atoms with Crippen LogP contribution in [0.4, 0.5) is 11.6 Å². The summed E-state index contributed by atoms with van der Waals surface area (Å²) in [5.41, 5.74) is 8.60. The number of anilines is 2. The summed E-state index contributed by atoms with van der Waals surface area (Å²) in [6.45, 7) is 0.480. The van der Waals surface area contributed by atoms with E-state index in [4.69, 9.17) is 17.3 Å². The summed E-state index contributed by atoms with van der Waals surface area (Å²) in [5.74, 6) is 0.421. The third-order valence-corrected chi connectivity index (χ3v) is 4.14. The zero-order chi connectivity index (χ0) is 18.5. The maximum Gasteiger partial charge on any atom is 0.147 e. The molecule has 0 saturated carbocycles. The van der Waals surface area contributed by atoms with Crippen LogP contribution in [0.1, 0.15) is 16.7 Å². The average molecular weight is 360 g/mol. The number of benzene rings is 2. The highest BCUT2D eigenvalue weighted by atomic mass is 35.5. The van der Waals surface area contributed by atoms with Gasteiger partial charge in [0.05, 0.1) is 0 Å². The molecule has 0 aliphatic carbocycles. The Labute approximate surface area is 156 Å². The van der Waals surface area contributed by atoms with E-state index in [1.165, 1.54) is 0 Å². The fourth-order valence-corrected chi connectivity index (χ4v) is 2.77. The van der Waals surface area contributed by atoms with Crippen molar-refractivity contribution in [2.75, 3.05) is 11.1 Å². The van der Waals surface area contributed by atoms with E-state index in [-0.39, 0.29) is 16.9 Å². The van der Waals surface area contributed by atoms with Gasteiger partial charge in [-0.3, -0.25) is 0 Å². The van der Waals surface area contributed by atoms with Gasteiger partial charge in [0.25, 0.3) is 0 Å². The number of halogens is 1. The summed E-state index contributed by atoms with van der Waals surface area (Å²) >= 11 is 5.95. The molecule has 0 aliphatic heterocycles. The molecule has 0 radical (unpaired) electrons. The Morgan fingerprint density at radius 3 is 2.23 bits per heavy atom. The maximum absolute atomic E-state index is 9.72. The molecule has 3 rings (SSSR count). The van der Waals surface area contributed by atoms with Crippen molar-refractivity contribution in [3.63, 3.8) is 0 Å². The molecule has 3 aromatic rings. The quantitative estimate of drug-likeness (QED) is 0.721. The van der Waals surface area contributed by atoms with E-state index >= 15 is 0 Å². The van der Waals surface area contributed by atoms with Gasteiger partial charge in [-0.15, -0.1) is 0 Å². The summed E-state index contributed by atoms with van der Waals surface area (Å²) in [7, 11) is 0. The summed E-state index contributed by atoms with van der Waals surface area (Å²) < 4.78 is 0. The molecule has 26 heavy (non-hydrogen) atoms. The zero-order valence-corrected chi connectivity index (χ0v) is 14.5. The highest BCUT2D eigenvalue weighted by molar-refractivity contribution is 6.30. The van der Waals surface area contributed by atoms with Crippen LogP contribution in [0.15, 0.2) is 54.6 Å². The van der Waals surface area contributed by atoms with Gasteiger partial charge in [-0.2, -0.15) is 10.5 Å². The summed E-state index contributed by atoms with van der Waals surface area (Å²) in [5, 5.41) is 22.9. The standard InChI is InChI=1S/C20H14ClN5/c21-15-8-6-14(7-9-15)18-16(10-22)19(24)26-20(17(18)11-23)25-12-13-4-2-1-3-5-13/h1-9H,12H2,(H3,24,25,26). The second kappa shape index (κ2) is 7.57. The molecule has 0 spiro atoms. The van der Waals surface area contributed by atoms with Gasteiger partial charge in [0.2, 0.25) is 0 Å². The summed E-state index contributed by atoms with van der Waals surface area (Å²) in [6, 6.07) is 20.8. The molecule has 3 N–H and O–H groups in total. The van der Waals surface area contributed by atoms with Crippen LogP contribution in [-0.2, 0) is 6.54 Å². The van der Waals surface area contributed by atoms with Crippen molar-refractivity contribution in [3.8, 4) is 23.3 Å². The van der Waals surface area contributed by atoms with Crippen molar-refractivity contribution in [1.82, 2.24) is 4.98 Å². The zero-order valence-electron chi connectivity index (χ0n) is 13.7. The molecular weight excluding hydrogens is 346 g/mol.